The number of hydrogen-bond acceptors (Lipinski definition) is 7. The summed E-state index contributed by atoms with van der Waals surface area (Å²) < 4.78 is 0. The van der Waals surface area contributed by atoms with Crippen LogP contribution in [0.15, 0.2) is 79.1 Å². The SMILES string of the molecule is Cc1cc(Nc2nccc(-c3ccc(C(=O)Nc4ccccn4)cc3)n2)ccc1N1C[C@@H]2C[C@H]1CN2C. The second kappa shape index (κ2) is 9.63. The summed E-state index contributed by atoms with van der Waals surface area (Å²) >= 11 is 0. The number of likely N-dealkylation sites (N-methyl/N-ethyl adjacent to an activating group) is 1. The van der Waals surface area contributed by atoms with E-state index in [-0.39, 0.29) is 5.91 Å². The molecule has 0 aliphatic carbocycles. The second-order valence-corrected chi connectivity index (χ2v) is 9.77. The number of carbonyl (C=O) groups excluding carboxylic acids is 1. The summed E-state index contributed by atoms with van der Waals surface area (Å²) in [6, 6.07) is 22.4. The Kier molecular flexibility index (Phi) is 6.02. The van der Waals surface area contributed by atoms with Crippen molar-refractivity contribution in [3.8, 4) is 11.3 Å². The monoisotopic (exact) mass is 491 g/mol. The number of rotatable bonds is 6. The van der Waals surface area contributed by atoms with Crippen LogP contribution in [0.3, 0.4) is 0 Å². The third-order valence-corrected chi connectivity index (χ3v) is 7.28. The molecule has 0 radical (unpaired) electrons. The van der Waals surface area contributed by atoms with E-state index in [0.717, 1.165) is 30.0 Å². The molecule has 6 rings (SSSR count). The van der Waals surface area contributed by atoms with Crippen molar-refractivity contribution in [1.29, 1.82) is 0 Å². The number of aryl methyl sites for hydroxylation is 1. The predicted molar refractivity (Wildman–Crippen MR) is 146 cm³/mol. The van der Waals surface area contributed by atoms with Gasteiger partial charge in [0.2, 0.25) is 5.95 Å². The van der Waals surface area contributed by atoms with Crippen molar-refractivity contribution in [3.63, 3.8) is 0 Å². The normalized spacial score (nSPS) is 18.7. The van der Waals surface area contributed by atoms with Gasteiger partial charge in [-0.25, -0.2) is 15.0 Å². The molecule has 2 bridgehead atoms. The second-order valence-electron chi connectivity index (χ2n) is 9.77. The van der Waals surface area contributed by atoms with Gasteiger partial charge in [0.05, 0.1) is 5.69 Å². The Bertz CT molecular complexity index is 1420. The van der Waals surface area contributed by atoms with E-state index in [1.165, 1.54) is 17.7 Å². The minimum absolute atomic E-state index is 0.206. The van der Waals surface area contributed by atoms with Gasteiger partial charge in [-0.05, 0) is 74.5 Å². The van der Waals surface area contributed by atoms with Gasteiger partial charge in [-0.2, -0.15) is 0 Å². The first kappa shape index (κ1) is 23.1. The van der Waals surface area contributed by atoms with Gasteiger partial charge in [-0.1, -0.05) is 18.2 Å². The number of carbonyl (C=O) groups is 1. The van der Waals surface area contributed by atoms with Crippen LogP contribution in [-0.4, -0.2) is 58.0 Å². The highest BCUT2D eigenvalue weighted by atomic mass is 16.1. The van der Waals surface area contributed by atoms with Crippen LogP contribution in [0.2, 0.25) is 0 Å². The number of nitrogens with zero attached hydrogens (tertiary/aromatic N) is 5. The van der Waals surface area contributed by atoms with Crippen LogP contribution in [0.1, 0.15) is 22.3 Å². The number of nitrogens with one attached hydrogen (secondary N) is 2. The number of piperazine rings is 1. The van der Waals surface area contributed by atoms with E-state index in [1.807, 2.05) is 30.3 Å². The predicted octanol–water partition coefficient (Wildman–Crippen LogP) is 4.74. The first-order chi connectivity index (χ1) is 18.0. The number of anilines is 4. The van der Waals surface area contributed by atoms with Crippen LogP contribution in [-0.2, 0) is 0 Å². The molecule has 8 nitrogen and oxygen atoms in total. The Balaban J connectivity index is 1.14. The number of amides is 1. The largest absolute Gasteiger partial charge is 0.365 e. The standard InChI is InChI=1S/C29H29N7O/c1-19-15-22(10-11-26(19)36-18-23-16-24(36)17-35(23)2)32-29-31-14-12-25(33-29)20-6-8-21(9-7-20)28(37)34-27-5-3-4-13-30-27/h3-15,23-24H,16-18H2,1-2H3,(H,30,34,37)(H,31,32,33)/t23-,24-/m0/s1. The summed E-state index contributed by atoms with van der Waals surface area (Å²) in [5, 5.41) is 6.15. The van der Waals surface area contributed by atoms with Crippen LogP contribution in [0.25, 0.3) is 11.3 Å². The zero-order chi connectivity index (χ0) is 25.4. The molecule has 4 heterocycles. The molecule has 4 aromatic rings. The average Bonchev–Trinajstić information content (AvgIpc) is 3.49. The van der Waals surface area contributed by atoms with E-state index in [4.69, 9.17) is 4.98 Å². The number of hydrogen-bond donors (Lipinski definition) is 2. The number of benzene rings is 2. The maximum absolute atomic E-state index is 12.5. The Morgan fingerprint density at radius 1 is 0.946 bits per heavy atom. The molecular formula is C29H29N7O. The van der Waals surface area contributed by atoms with Gasteiger partial charge >= 0.3 is 0 Å². The fourth-order valence-corrected chi connectivity index (χ4v) is 5.34. The summed E-state index contributed by atoms with van der Waals surface area (Å²) in [6.45, 7) is 4.41. The maximum atomic E-state index is 12.5. The highest BCUT2D eigenvalue weighted by molar-refractivity contribution is 6.03. The van der Waals surface area contributed by atoms with Gasteiger partial charge in [0.1, 0.15) is 5.82 Å². The smallest absolute Gasteiger partial charge is 0.256 e. The molecule has 1 amide bonds. The third-order valence-electron chi connectivity index (χ3n) is 7.28. The Morgan fingerprint density at radius 2 is 1.81 bits per heavy atom. The number of likely N-dealkylation sites (tertiary alicyclic amines) is 1. The van der Waals surface area contributed by atoms with Crippen molar-refractivity contribution in [1.82, 2.24) is 19.9 Å². The maximum Gasteiger partial charge on any atom is 0.256 e. The molecule has 8 heteroatoms. The number of aromatic nitrogens is 3. The summed E-state index contributed by atoms with van der Waals surface area (Å²) in [6.07, 6.45) is 4.64. The average molecular weight is 492 g/mol. The van der Waals surface area contributed by atoms with Crippen molar-refractivity contribution in [2.75, 3.05) is 35.7 Å². The van der Waals surface area contributed by atoms with Crippen LogP contribution >= 0.6 is 0 Å². The minimum Gasteiger partial charge on any atom is -0.365 e. The molecule has 37 heavy (non-hydrogen) atoms. The molecule has 2 aromatic carbocycles. The molecule has 186 valence electrons. The topological polar surface area (TPSA) is 86.3 Å². The molecule has 2 aromatic heterocycles. The number of fused-ring (bicyclic) bond motifs is 2. The third kappa shape index (κ3) is 4.75. The van der Waals surface area contributed by atoms with Crippen LogP contribution in [0.5, 0.6) is 0 Å². The van der Waals surface area contributed by atoms with Crippen molar-refractivity contribution < 1.29 is 4.79 Å². The van der Waals surface area contributed by atoms with Gasteiger partial charge in [0.15, 0.2) is 0 Å². The van der Waals surface area contributed by atoms with Crippen LogP contribution in [0.4, 0.5) is 23.1 Å². The van der Waals surface area contributed by atoms with E-state index < -0.39 is 0 Å². The van der Waals surface area contributed by atoms with Gasteiger partial charge in [0.25, 0.3) is 5.91 Å². The summed E-state index contributed by atoms with van der Waals surface area (Å²) in [7, 11) is 2.23. The lowest BCUT2D eigenvalue weighted by Crippen LogP contribution is -2.44. The Labute approximate surface area is 216 Å². The first-order valence-electron chi connectivity index (χ1n) is 12.5. The van der Waals surface area contributed by atoms with Crippen LogP contribution < -0.4 is 15.5 Å². The van der Waals surface area contributed by atoms with Gasteiger partial charge in [-0.15, -0.1) is 0 Å². The number of pyridine rings is 1. The van der Waals surface area contributed by atoms with E-state index in [0.29, 0.717) is 29.4 Å². The van der Waals surface area contributed by atoms with E-state index in [1.54, 1.807) is 30.6 Å². The lowest BCUT2D eigenvalue weighted by atomic mass is 10.1. The molecule has 2 aliphatic heterocycles. The molecule has 0 unspecified atom stereocenters. The quantitative estimate of drug-likeness (QED) is 0.403. The van der Waals surface area contributed by atoms with Gasteiger partial charge in [-0.3, -0.25) is 9.69 Å². The molecule has 0 saturated carbocycles. The molecule has 2 aliphatic rings. The van der Waals surface area contributed by atoms with Crippen LogP contribution in [0, 0.1) is 6.92 Å². The highest BCUT2D eigenvalue weighted by Gasteiger charge is 2.41. The minimum atomic E-state index is -0.206. The molecular weight excluding hydrogens is 462 g/mol. The summed E-state index contributed by atoms with van der Waals surface area (Å²) in [5.74, 6) is 0.845. The van der Waals surface area contributed by atoms with Gasteiger partial charge in [0, 0.05) is 60.1 Å². The zero-order valence-electron chi connectivity index (χ0n) is 20.9. The Morgan fingerprint density at radius 3 is 2.51 bits per heavy atom. The molecule has 0 spiro atoms. The van der Waals surface area contributed by atoms with E-state index in [9.17, 15) is 4.79 Å². The Hall–Kier alpha value is -4.30. The van der Waals surface area contributed by atoms with Gasteiger partial charge < -0.3 is 15.5 Å². The fourth-order valence-electron chi connectivity index (χ4n) is 5.34. The molecule has 2 fully saturated rings. The first-order valence-corrected chi connectivity index (χ1v) is 12.5. The molecule has 2 N–H and O–H groups in total. The molecule has 2 atom stereocenters. The lowest BCUT2D eigenvalue weighted by Gasteiger charge is -2.34. The highest BCUT2D eigenvalue weighted by Crippen LogP contribution is 2.36. The zero-order valence-corrected chi connectivity index (χ0v) is 20.9. The fraction of sp³-hybridized carbons (Fsp3) is 0.241. The van der Waals surface area contributed by atoms with E-state index >= 15 is 0 Å². The molecule has 2 saturated heterocycles. The van der Waals surface area contributed by atoms with Crippen molar-refractivity contribution in [2.24, 2.45) is 0 Å². The van der Waals surface area contributed by atoms with Crippen molar-refractivity contribution >= 4 is 29.0 Å². The summed E-state index contributed by atoms with van der Waals surface area (Å²) in [4.78, 5) is 30.8. The van der Waals surface area contributed by atoms with Crippen molar-refractivity contribution in [3.05, 3.63) is 90.3 Å². The lowest BCUT2D eigenvalue weighted by molar-refractivity contribution is 0.102. The van der Waals surface area contributed by atoms with Crippen molar-refractivity contribution in [2.45, 2.75) is 25.4 Å². The summed E-state index contributed by atoms with van der Waals surface area (Å²) in [5.41, 5.74) is 5.75. The van der Waals surface area contributed by atoms with E-state index in [2.05, 4.69) is 62.6 Å².